The highest BCUT2D eigenvalue weighted by atomic mass is 35.5. The number of halogens is 1. The Bertz CT molecular complexity index is 510. The molecule has 0 heterocycles. The number of rotatable bonds is 4. The molecule has 21 heavy (non-hydrogen) atoms. The Hall–Kier alpha value is -1.59. The predicted octanol–water partition coefficient (Wildman–Crippen LogP) is 2.56. The molecule has 5 nitrogen and oxygen atoms in total. The Morgan fingerprint density at radius 3 is 2.29 bits per heavy atom. The van der Waals surface area contributed by atoms with Gasteiger partial charge in [-0.2, -0.15) is 0 Å². The lowest BCUT2D eigenvalue weighted by Gasteiger charge is -2.19. The van der Waals surface area contributed by atoms with E-state index in [0.717, 1.165) is 5.56 Å². The summed E-state index contributed by atoms with van der Waals surface area (Å²) >= 11 is 0. The fourth-order valence-electron chi connectivity index (χ4n) is 1.51. The SMILES string of the molecule is CNCC(=O)Nc1ccc(C)c(NC(=O)C(C)(C)C)c1.Cl. The number of anilines is 2. The highest BCUT2D eigenvalue weighted by molar-refractivity contribution is 5.97. The van der Waals surface area contributed by atoms with Crippen LogP contribution in [0.5, 0.6) is 0 Å². The van der Waals surface area contributed by atoms with E-state index in [1.807, 2.05) is 39.8 Å². The van der Waals surface area contributed by atoms with E-state index < -0.39 is 5.41 Å². The maximum atomic E-state index is 12.0. The minimum absolute atomic E-state index is 0. The molecule has 118 valence electrons. The van der Waals surface area contributed by atoms with Gasteiger partial charge in [-0.1, -0.05) is 26.8 Å². The van der Waals surface area contributed by atoms with Crippen LogP contribution in [0.4, 0.5) is 11.4 Å². The van der Waals surface area contributed by atoms with Crippen LogP contribution in [-0.2, 0) is 9.59 Å². The summed E-state index contributed by atoms with van der Waals surface area (Å²) < 4.78 is 0. The Morgan fingerprint density at radius 2 is 1.76 bits per heavy atom. The quantitative estimate of drug-likeness (QED) is 0.800. The van der Waals surface area contributed by atoms with Gasteiger partial charge in [0, 0.05) is 16.8 Å². The fraction of sp³-hybridized carbons (Fsp3) is 0.467. The number of carbonyl (C=O) groups is 2. The number of hydrogen-bond donors (Lipinski definition) is 3. The maximum Gasteiger partial charge on any atom is 0.238 e. The van der Waals surface area contributed by atoms with E-state index in [9.17, 15) is 9.59 Å². The predicted molar refractivity (Wildman–Crippen MR) is 89.1 cm³/mol. The molecule has 0 aliphatic rings. The highest BCUT2D eigenvalue weighted by Gasteiger charge is 2.21. The molecule has 1 aromatic rings. The van der Waals surface area contributed by atoms with Crippen molar-refractivity contribution in [2.75, 3.05) is 24.2 Å². The van der Waals surface area contributed by atoms with Crippen LogP contribution in [0, 0.1) is 12.3 Å². The monoisotopic (exact) mass is 313 g/mol. The molecule has 0 unspecified atom stereocenters. The molecule has 0 aromatic heterocycles. The van der Waals surface area contributed by atoms with Gasteiger partial charge in [-0.25, -0.2) is 0 Å². The van der Waals surface area contributed by atoms with Crippen molar-refractivity contribution in [2.45, 2.75) is 27.7 Å². The zero-order valence-corrected chi connectivity index (χ0v) is 14.0. The number of amides is 2. The third-order valence-corrected chi connectivity index (χ3v) is 2.79. The van der Waals surface area contributed by atoms with Crippen molar-refractivity contribution >= 4 is 35.6 Å². The second-order valence-electron chi connectivity index (χ2n) is 5.81. The van der Waals surface area contributed by atoms with Gasteiger partial charge in [0.25, 0.3) is 0 Å². The van der Waals surface area contributed by atoms with Crippen molar-refractivity contribution in [3.8, 4) is 0 Å². The van der Waals surface area contributed by atoms with E-state index in [0.29, 0.717) is 11.4 Å². The minimum atomic E-state index is -0.460. The molecule has 0 saturated heterocycles. The number of hydrogen-bond acceptors (Lipinski definition) is 3. The van der Waals surface area contributed by atoms with Gasteiger partial charge in [0.05, 0.1) is 6.54 Å². The number of benzene rings is 1. The topological polar surface area (TPSA) is 70.2 Å². The first-order valence-corrected chi connectivity index (χ1v) is 6.60. The molecule has 0 aliphatic carbocycles. The molecule has 6 heteroatoms. The van der Waals surface area contributed by atoms with E-state index in [2.05, 4.69) is 16.0 Å². The Morgan fingerprint density at radius 1 is 1.14 bits per heavy atom. The number of carbonyl (C=O) groups excluding carboxylic acids is 2. The minimum Gasteiger partial charge on any atom is -0.325 e. The van der Waals surface area contributed by atoms with Gasteiger partial charge in [-0.3, -0.25) is 9.59 Å². The van der Waals surface area contributed by atoms with Gasteiger partial charge in [0.2, 0.25) is 11.8 Å². The van der Waals surface area contributed by atoms with Crippen LogP contribution in [0.2, 0.25) is 0 Å². The lowest BCUT2D eigenvalue weighted by atomic mass is 9.95. The Kier molecular flexibility index (Phi) is 7.39. The zero-order chi connectivity index (χ0) is 15.3. The largest absolute Gasteiger partial charge is 0.325 e. The van der Waals surface area contributed by atoms with Gasteiger partial charge in [0.1, 0.15) is 0 Å². The summed E-state index contributed by atoms with van der Waals surface area (Å²) in [6.07, 6.45) is 0. The summed E-state index contributed by atoms with van der Waals surface area (Å²) in [5, 5.41) is 8.44. The van der Waals surface area contributed by atoms with Crippen LogP contribution in [0.15, 0.2) is 18.2 Å². The van der Waals surface area contributed by atoms with E-state index >= 15 is 0 Å². The molecule has 0 spiro atoms. The standard InChI is InChI=1S/C15H23N3O2.ClH/c1-10-6-7-11(17-13(19)9-16-5)8-12(10)18-14(20)15(2,3)4;/h6-8,16H,9H2,1-5H3,(H,17,19)(H,18,20);1H. The third-order valence-electron chi connectivity index (χ3n) is 2.79. The van der Waals surface area contributed by atoms with Crippen LogP contribution in [-0.4, -0.2) is 25.4 Å². The summed E-state index contributed by atoms with van der Waals surface area (Å²) in [6, 6.07) is 5.45. The number of nitrogens with one attached hydrogen (secondary N) is 3. The zero-order valence-electron chi connectivity index (χ0n) is 13.2. The highest BCUT2D eigenvalue weighted by Crippen LogP contribution is 2.23. The van der Waals surface area contributed by atoms with E-state index in [4.69, 9.17) is 0 Å². The average molecular weight is 314 g/mol. The van der Waals surface area contributed by atoms with E-state index in [1.165, 1.54) is 0 Å². The van der Waals surface area contributed by atoms with Crippen molar-refractivity contribution < 1.29 is 9.59 Å². The third kappa shape index (κ3) is 6.14. The van der Waals surface area contributed by atoms with Gasteiger partial charge in [-0.15, -0.1) is 12.4 Å². The molecule has 1 rings (SSSR count). The van der Waals surface area contributed by atoms with Crippen molar-refractivity contribution in [1.82, 2.24) is 5.32 Å². The smallest absolute Gasteiger partial charge is 0.238 e. The van der Waals surface area contributed by atoms with Crippen LogP contribution in [0.1, 0.15) is 26.3 Å². The van der Waals surface area contributed by atoms with Crippen LogP contribution < -0.4 is 16.0 Å². The van der Waals surface area contributed by atoms with Crippen LogP contribution >= 0.6 is 12.4 Å². The molecular formula is C15H24ClN3O2. The lowest BCUT2D eigenvalue weighted by molar-refractivity contribution is -0.123. The second-order valence-corrected chi connectivity index (χ2v) is 5.81. The van der Waals surface area contributed by atoms with Gasteiger partial charge in [-0.05, 0) is 31.7 Å². The first-order valence-electron chi connectivity index (χ1n) is 6.60. The average Bonchev–Trinajstić information content (AvgIpc) is 2.32. The molecule has 0 saturated carbocycles. The lowest BCUT2D eigenvalue weighted by Crippen LogP contribution is -2.28. The van der Waals surface area contributed by atoms with E-state index in [1.54, 1.807) is 13.1 Å². The summed E-state index contributed by atoms with van der Waals surface area (Å²) in [6.45, 7) is 7.73. The second kappa shape index (κ2) is 8.00. The Labute approximate surface area is 132 Å². The maximum absolute atomic E-state index is 12.0. The summed E-state index contributed by atoms with van der Waals surface area (Å²) in [7, 11) is 1.71. The van der Waals surface area contributed by atoms with Crippen LogP contribution in [0.3, 0.4) is 0 Å². The first-order chi connectivity index (χ1) is 9.24. The molecule has 0 bridgehead atoms. The normalized spacial score (nSPS) is 10.5. The van der Waals surface area contributed by atoms with Gasteiger partial charge in [0.15, 0.2) is 0 Å². The van der Waals surface area contributed by atoms with Crippen LogP contribution in [0.25, 0.3) is 0 Å². The van der Waals surface area contributed by atoms with Crippen molar-refractivity contribution in [3.63, 3.8) is 0 Å². The summed E-state index contributed by atoms with van der Waals surface area (Å²) in [5.41, 5.74) is 1.87. The molecule has 2 amide bonds. The van der Waals surface area contributed by atoms with E-state index in [-0.39, 0.29) is 30.8 Å². The summed E-state index contributed by atoms with van der Waals surface area (Å²) in [5.74, 6) is -0.177. The molecule has 0 atom stereocenters. The van der Waals surface area contributed by atoms with Crippen molar-refractivity contribution in [2.24, 2.45) is 5.41 Å². The molecule has 0 radical (unpaired) electrons. The van der Waals surface area contributed by atoms with Gasteiger partial charge < -0.3 is 16.0 Å². The number of likely N-dealkylation sites (N-methyl/N-ethyl adjacent to an activating group) is 1. The van der Waals surface area contributed by atoms with Crippen molar-refractivity contribution in [1.29, 1.82) is 0 Å². The molecule has 0 fully saturated rings. The molecule has 0 aliphatic heterocycles. The summed E-state index contributed by atoms with van der Waals surface area (Å²) in [4.78, 5) is 23.5. The van der Waals surface area contributed by atoms with Gasteiger partial charge >= 0.3 is 0 Å². The Balaban J connectivity index is 0.00000400. The first kappa shape index (κ1) is 19.4. The molecular weight excluding hydrogens is 290 g/mol. The molecule has 1 aromatic carbocycles. The fourth-order valence-corrected chi connectivity index (χ4v) is 1.51. The van der Waals surface area contributed by atoms with Crippen molar-refractivity contribution in [3.05, 3.63) is 23.8 Å². The molecule has 3 N–H and O–H groups in total. The number of aryl methyl sites for hydroxylation is 1.